The number of halogens is 2. The van der Waals surface area contributed by atoms with E-state index < -0.39 is 0 Å². The Hall–Kier alpha value is -2.86. The summed E-state index contributed by atoms with van der Waals surface area (Å²) in [6, 6.07) is 24.1. The Labute approximate surface area is 173 Å². The molecule has 4 rings (SSSR count). The van der Waals surface area contributed by atoms with E-state index >= 15 is 0 Å². The van der Waals surface area contributed by atoms with E-state index in [1.54, 1.807) is 12.1 Å². The van der Waals surface area contributed by atoms with E-state index in [9.17, 15) is 4.39 Å². The molecule has 0 atom stereocenters. The summed E-state index contributed by atoms with van der Waals surface area (Å²) in [5, 5.41) is 8.63. The van der Waals surface area contributed by atoms with Crippen LogP contribution in [0.4, 0.5) is 4.39 Å². The molecule has 1 aromatic heterocycles. The highest BCUT2D eigenvalue weighted by Gasteiger charge is 2.12. The van der Waals surface area contributed by atoms with Crippen LogP contribution in [-0.4, -0.2) is 15.7 Å². The SMILES string of the molecule is N=c1n(CCOc2ccccc2)c2ccccc2n1Cc1ccccc1F.[Br-]. The number of fused-ring (bicyclic) bond motifs is 1. The minimum atomic E-state index is -0.256. The zero-order valence-corrected chi connectivity index (χ0v) is 16.8. The van der Waals surface area contributed by atoms with Crippen molar-refractivity contribution in [2.24, 2.45) is 0 Å². The molecule has 4 nitrogen and oxygen atoms in total. The smallest absolute Gasteiger partial charge is 0.203 e. The second-order valence-corrected chi connectivity index (χ2v) is 6.30. The lowest BCUT2D eigenvalue weighted by molar-refractivity contribution is -0.00000666. The van der Waals surface area contributed by atoms with E-state index in [4.69, 9.17) is 10.1 Å². The monoisotopic (exact) mass is 440 g/mol. The van der Waals surface area contributed by atoms with Gasteiger partial charge in [-0.05, 0) is 30.3 Å². The fourth-order valence-corrected chi connectivity index (χ4v) is 3.25. The maximum absolute atomic E-state index is 14.1. The third kappa shape index (κ3) is 4.02. The van der Waals surface area contributed by atoms with Crippen molar-refractivity contribution in [3.63, 3.8) is 0 Å². The highest BCUT2D eigenvalue weighted by molar-refractivity contribution is 5.76. The second kappa shape index (κ2) is 8.89. The first-order valence-corrected chi connectivity index (χ1v) is 8.88. The number of aromatic nitrogens is 2. The van der Waals surface area contributed by atoms with Crippen LogP contribution in [-0.2, 0) is 13.1 Å². The van der Waals surface area contributed by atoms with Gasteiger partial charge in [0.25, 0.3) is 0 Å². The van der Waals surface area contributed by atoms with Crippen molar-refractivity contribution >= 4 is 11.0 Å². The molecule has 0 amide bonds. The summed E-state index contributed by atoms with van der Waals surface area (Å²) in [4.78, 5) is 0. The van der Waals surface area contributed by atoms with Gasteiger partial charge in [-0.2, -0.15) is 0 Å². The molecular weight excluding hydrogens is 421 g/mol. The topological polar surface area (TPSA) is 42.9 Å². The largest absolute Gasteiger partial charge is 1.00 e. The van der Waals surface area contributed by atoms with Gasteiger partial charge in [-0.1, -0.05) is 48.5 Å². The van der Waals surface area contributed by atoms with Gasteiger partial charge in [0.15, 0.2) is 0 Å². The molecular formula is C22H20BrFN3O-. The lowest BCUT2D eigenvalue weighted by atomic mass is 10.2. The van der Waals surface area contributed by atoms with Gasteiger partial charge in [0, 0.05) is 5.56 Å². The summed E-state index contributed by atoms with van der Waals surface area (Å²) in [6.07, 6.45) is 0. The highest BCUT2D eigenvalue weighted by Crippen LogP contribution is 2.16. The van der Waals surface area contributed by atoms with Crippen molar-refractivity contribution < 1.29 is 26.1 Å². The van der Waals surface area contributed by atoms with Crippen LogP contribution in [0.2, 0.25) is 0 Å². The van der Waals surface area contributed by atoms with E-state index in [1.807, 2.05) is 69.8 Å². The average molecular weight is 441 g/mol. The molecule has 6 heteroatoms. The molecule has 0 aliphatic heterocycles. The van der Waals surface area contributed by atoms with E-state index in [2.05, 4.69) is 0 Å². The third-order valence-electron chi connectivity index (χ3n) is 4.59. The van der Waals surface area contributed by atoms with Crippen molar-refractivity contribution in [3.05, 3.63) is 95.9 Å². The van der Waals surface area contributed by atoms with Crippen LogP contribution in [0.25, 0.3) is 11.0 Å². The van der Waals surface area contributed by atoms with Crippen molar-refractivity contribution in [2.75, 3.05) is 6.61 Å². The number of hydrogen-bond acceptors (Lipinski definition) is 2. The number of rotatable bonds is 6. The lowest BCUT2D eigenvalue weighted by Crippen LogP contribution is -3.00. The number of benzene rings is 3. The van der Waals surface area contributed by atoms with Gasteiger partial charge in [-0.25, -0.2) is 4.39 Å². The molecule has 0 spiro atoms. The van der Waals surface area contributed by atoms with Crippen LogP contribution in [0, 0.1) is 11.2 Å². The molecule has 0 fully saturated rings. The fraction of sp³-hybridized carbons (Fsp3) is 0.136. The molecule has 0 unspecified atom stereocenters. The van der Waals surface area contributed by atoms with Crippen molar-refractivity contribution in [2.45, 2.75) is 13.1 Å². The molecule has 3 aromatic carbocycles. The molecule has 0 saturated carbocycles. The lowest BCUT2D eigenvalue weighted by Gasteiger charge is -2.08. The van der Waals surface area contributed by atoms with Gasteiger partial charge >= 0.3 is 0 Å². The Morgan fingerprint density at radius 1 is 0.786 bits per heavy atom. The summed E-state index contributed by atoms with van der Waals surface area (Å²) in [5.74, 6) is 0.549. The molecule has 0 aliphatic carbocycles. The van der Waals surface area contributed by atoms with Crippen molar-refractivity contribution in [3.8, 4) is 5.75 Å². The van der Waals surface area contributed by atoms with Crippen LogP contribution in [0.3, 0.4) is 0 Å². The second-order valence-electron chi connectivity index (χ2n) is 6.30. The van der Waals surface area contributed by atoms with Gasteiger partial charge in [-0.3, -0.25) is 5.41 Å². The Kier molecular flexibility index (Phi) is 6.31. The van der Waals surface area contributed by atoms with Crippen molar-refractivity contribution in [1.82, 2.24) is 9.13 Å². The van der Waals surface area contributed by atoms with Gasteiger partial charge in [-0.15, -0.1) is 0 Å². The van der Waals surface area contributed by atoms with Crippen LogP contribution in [0.15, 0.2) is 78.9 Å². The number of nitrogens with zero attached hydrogens (tertiary/aromatic N) is 2. The third-order valence-corrected chi connectivity index (χ3v) is 4.59. The van der Waals surface area contributed by atoms with Crippen molar-refractivity contribution in [1.29, 1.82) is 5.41 Å². The number of hydrogen-bond donors (Lipinski definition) is 1. The minimum Gasteiger partial charge on any atom is -1.00 e. The van der Waals surface area contributed by atoms with Crippen LogP contribution < -0.4 is 27.3 Å². The first-order chi connectivity index (χ1) is 13.2. The minimum absolute atomic E-state index is 0. The molecule has 1 N–H and O–H groups in total. The standard InChI is InChI=1S/C22H20FN3O.BrH/c23-19-11-5-4-8-17(19)16-26-21-13-7-6-12-20(21)25(22(26)24)14-15-27-18-9-2-1-3-10-18;/h1-13,24H,14-16H2;1H/p-1. The summed E-state index contributed by atoms with van der Waals surface area (Å²) in [7, 11) is 0. The molecule has 4 aromatic rings. The quantitative estimate of drug-likeness (QED) is 0.480. The summed E-state index contributed by atoms with van der Waals surface area (Å²) >= 11 is 0. The Morgan fingerprint density at radius 3 is 2.11 bits per heavy atom. The number of ether oxygens (including phenoxy) is 1. The van der Waals surface area contributed by atoms with Crippen LogP contribution >= 0.6 is 0 Å². The van der Waals surface area contributed by atoms with E-state index in [0.29, 0.717) is 30.9 Å². The van der Waals surface area contributed by atoms with E-state index in [-0.39, 0.29) is 22.8 Å². The molecule has 28 heavy (non-hydrogen) atoms. The summed E-state index contributed by atoms with van der Waals surface area (Å²) in [5.41, 5.74) is 2.75. The number of nitrogens with one attached hydrogen (secondary N) is 1. The highest BCUT2D eigenvalue weighted by atomic mass is 79.9. The maximum Gasteiger partial charge on any atom is 0.203 e. The maximum atomic E-state index is 14.1. The number of imidazole rings is 1. The van der Waals surface area contributed by atoms with Gasteiger partial charge in [0.1, 0.15) is 18.2 Å². The number of para-hydroxylation sites is 3. The predicted molar refractivity (Wildman–Crippen MR) is 103 cm³/mol. The molecule has 1 heterocycles. The van der Waals surface area contributed by atoms with Gasteiger partial charge < -0.3 is 30.9 Å². The first-order valence-electron chi connectivity index (χ1n) is 8.88. The Bertz CT molecular complexity index is 1120. The van der Waals surface area contributed by atoms with E-state index in [1.165, 1.54) is 6.07 Å². The van der Waals surface area contributed by atoms with Crippen LogP contribution in [0.5, 0.6) is 5.75 Å². The molecule has 0 bridgehead atoms. The van der Waals surface area contributed by atoms with Crippen LogP contribution in [0.1, 0.15) is 5.56 Å². The molecule has 0 saturated heterocycles. The van der Waals surface area contributed by atoms with E-state index in [0.717, 1.165) is 16.8 Å². The fourth-order valence-electron chi connectivity index (χ4n) is 3.25. The predicted octanol–water partition coefficient (Wildman–Crippen LogP) is 1.19. The molecule has 144 valence electrons. The summed E-state index contributed by atoms with van der Waals surface area (Å²) in [6.45, 7) is 1.31. The zero-order chi connectivity index (χ0) is 18.6. The van der Waals surface area contributed by atoms with Gasteiger partial charge in [0.2, 0.25) is 5.62 Å². The molecule has 0 radical (unpaired) electrons. The normalized spacial score (nSPS) is 10.6. The summed E-state index contributed by atoms with van der Waals surface area (Å²) < 4.78 is 23.6. The first kappa shape index (κ1) is 19.9. The zero-order valence-electron chi connectivity index (χ0n) is 15.2. The Balaban J connectivity index is 0.00000225. The average Bonchev–Trinajstić information content (AvgIpc) is 2.96. The Morgan fingerprint density at radius 2 is 1.39 bits per heavy atom. The van der Waals surface area contributed by atoms with Gasteiger partial charge in [0.05, 0.1) is 24.1 Å². The molecule has 0 aliphatic rings.